The Morgan fingerprint density at radius 3 is 2.65 bits per heavy atom. The third kappa shape index (κ3) is 2.99. The highest BCUT2D eigenvalue weighted by Gasteiger charge is 2.32. The Bertz CT molecular complexity index is 944. The van der Waals surface area contributed by atoms with Crippen LogP contribution in [0.1, 0.15) is 28.4 Å². The summed E-state index contributed by atoms with van der Waals surface area (Å²) < 4.78 is 2.24. The summed E-state index contributed by atoms with van der Waals surface area (Å²) >= 11 is 0. The standard InChI is InChI=1S/C22H23N3O/c1-16-7-5-9-18(15-16)23-22(26)25-14-13-24-12-6-11-20(24)21(25)19-10-4-3-8-17(19)2/h3-12,15,21H,13-14H2,1-2H3,(H,23,26). The third-order valence-corrected chi connectivity index (χ3v) is 5.05. The number of benzene rings is 2. The van der Waals surface area contributed by atoms with Gasteiger partial charge < -0.3 is 14.8 Å². The number of aromatic nitrogens is 1. The van der Waals surface area contributed by atoms with Gasteiger partial charge >= 0.3 is 6.03 Å². The number of nitrogens with zero attached hydrogens (tertiary/aromatic N) is 2. The molecule has 0 aliphatic carbocycles. The largest absolute Gasteiger partial charge is 0.348 e. The quantitative estimate of drug-likeness (QED) is 0.715. The Balaban J connectivity index is 1.70. The topological polar surface area (TPSA) is 37.3 Å². The van der Waals surface area contributed by atoms with Gasteiger partial charge in [0.15, 0.2) is 0 Å². The van der Waals surface area contributed by atoms with E-state index in [4.69, 9.17) is 0 Å². The second kappa shape index (κ2) is 6.71. The first-order chi connectivity index (χ1) is 12.6. The minimum absolute atomic E-state index is 0.0590. The van der Waals surface area contributed by atoms with E-state index >= 15 is 0 Å². The Hall–Kier alpha value is -3.01. The highest BCUT2D eigenvalue weighted by Crippen LogP contribution is 2.34. The number of carbonyl (C=O) groups excluding carboxylic acids is 1. The van der Waals surface area contributed by atoms with E-state index in [0.29, 0.717) is 6.54 Å². The van der Waals surface area contributed by atoms with Crippen LogP contribution in [0.15, 0.2) is 66.9 Å². The summed E-state index contributed by atoms with van der Waals surface area (Å²) in [4.78, 5) is 15.1. The zero-order chi connectivity index (χ0) is 18.1. The lowest BCUT2D eigenvalue weighted by molar-refractivity contribution is 0.181. The van der Waals surface area contributed by atoms with E-state index in [-0.39, 0.29) is 12.1 Å². The van der Waals surface area contributed by atoms with Crippen LogP contribution in [-0.4, -0.2) is 22.0 Å². The SMILES string of the molecule is Cc1cccc(NC(=O)N2CCn3cccc3C2c2ccccc2C)c1. The van der Waals surface area contributed by atoms with Gasteiger partial charge in [0.1, 0.15) is 0 Å². The monoisotopic (exact) mass is 345 g/mol. The molecule has 1 aromatic heterocycles. The van der Waals surface area contributed by atoms with Crippen LogP contribution in [0.3, 0.4) is 0 Å². The van der Waals surface area contributed by atoms with Crippen LogP contribution in [0.25, 0.3) is 0 Å². The fourth-order valence-corrected chi connectivity index (χ4v) is 3.74. The van der Waals surface area contributed by atoms with Crippen LogP contribution in [0.4, 0.5) is 10.5 Å². The van der Waals surface area contributed by atoms with E-state index in [9.17, 15) is 4.79 Å². The maximum atomic E-state index is 13.1. The Kier molecular flexibility index (Phi) is 4.25. The molecule has 4 rings (SSSR count). The van der Waals surface area contributed by atoms with Crippen molar-refractivity contribution in [1.29, 1.82) is 0 Å². The number of carbonyl (C=O) groups is 1. The fraction of sp³-hybridized carbons (Fsp3) is 0.227. The Labute approximate surface area is 154 Å². The van der Waals surface area contributed by atoms with Crippen molar-refractivity contribution in [1.82, 2.24) is 9.47 Å². The lowest BCUT2D eigenvalue weighted by Crippen LogP contribution is -2.44. The second-order valence-corrected chi connectivity index (χ2v) is 6.88. The molecule has 0 saturated carbocycles. The lowest BCUT2D eigenvalue weighted by atomic mass is 9.96. The predicted molar refractivity (Wildman–Crippen MR) is 104 cm³/mol. The molecule has 1 aliphatic heterocycles. The number of hydrogen-bond donors (Lipinski definition) is 1. The average molecular weight is 345 g/mol. The second-order valence-electron chi connectivity index (χ2n) is 6.88. The smallest absolute Gasteiger partial charge is 0.322 e. The molecule has 1 aliphatic rings. The van der Waals surface area contributed by atoms with Gasteiger partial charge in [-0.05, 0) is 54.8 Å². The van der Waals surface area contributed by atoms with E-state index < -0.39 is 0 Å². The molecule has 0 saturated heterocycles. The van der Waals surface area contributed by atoms with Gasteiger partial charge in [-0.1, -0.05) is 36.4 Å². The van der Waals surface area contributed by atoms with Crippen LogP contribution in [0.5, 0.6) is 0 Å². The van der Waals surface area contributed by atoms with Gasteiger partial charge in [0, 0.05) is 30.7 Å². The molecule has 0 spiro atoms. The molecular formula is C22H23N3O. The number of amides is 2. The number of urea groups is 1. The van der Waals surface area contributed by atoms with Crippen LogP contribution < -0.4 is 5.32 Å². The first kappa shape index (κ1) is 16.5. The zero-order valence-electron chi connectivity index (χ0n) is 15.1. The van der Waals surface area contributed by atoms with E-state index in [1.54, 1.807) is 0 Å². The number of hydrogen-bond acceptors (Lipinski definition) is 1. The van der Waals surface area contributed by atoms with Crippen molar-refractivity contribution in [3.8, 4) is 0 Å². The van der Waals surface area contributed by atoms with Crippen LogP contribution >= 0.6 is 0 Å². The van der Waals surface area contributed by atoms with E-state index in [1.165, 1.54) is 11.1 Å². The third-order valence-electron chi connectivity index (χ3n) is 5.05. The summed E-state index contributed by atoms with van der Waals surface area (Å²) in [7, 11) is 0. The molecule has 4 nitrogen and oxygen atoms in total. The molecule has 1 unspecified atom stereocenters. The van der Waals surface area contributed by atoms with Crippen LogP contribution in [0, 0.1) is 13.8 Å². The molecule has 0 radical (unpaired) electrons. The molecule has 4 heteroatoms. The number of nitrogens with one attached hydrogen (secondary N) is 1. The van der Waals surface area contributed by atoms with Crippen LogP contribution in [-0.2, 0) is 6.54 Å². The normalized spacial score (nSPS) is 16.2. The molecule has 2 aromatic carbocycles. The first-order valence-corrected chi connectivity index (χ1v) is 8.98. The van der Waals surface area contributed by atoms with Gasteiger partial charge in [-0.3, -0.25) is 0 Å². The summed E-state index contributed by atoms with van der Waals surface area (Å²) in [5, 5.41) is 3.07. The Morgan fingerprint density at radius 1 is 1.00 bits per heavy atom. The van der Waals surface area contributed by atoms with Crippen molar-refractivity contribution < 1.29 is 4.79 Å². The summed E-state index contributed by atoms with van der Waals surface area (Å²) in [5.41, 5.74) is 5.49. The molecule has 2 amide bonds. The van der Waals surface area contributed by atoms with Gasteiger partial charge in [0.25, 0.3) is 0 Å². The van der Waals surface area contributed by atoms with Gasteiger partial charge in [-0.2, -0.15) is 0 Å². The number of rotatable bonds is 2. The highest BCUT2D eigenvalue weighted by atomic mass is 16.2. The van der Waals surface area contributed by atoms with Gasteiger partial charge in [0.05, 0.1) is 6.04 Å². The van der Waals surface area contributed by atoms with Crippen LogP contribution in [0.2, 0.25) is 0 Å². The number of aryl methyl sites for hydroxylation is 2. The summed E-state index contributed by atoms with van der Waals surface area (Å²) in [6.07, 6.45) is 2.09. The highest BCUT2D eigenvalue weighted by molar-refractivity contribution is 5.90. The molecule has 26 heavy (non-hydrogen) atoms. The van der Waals surface area contributed by atoms with Crippen molar-refractivity contribution in [3.63, 3.8) is 0 Å². The Morgan fingerprint density at radius 2 is 1.85 bits per heavy atom. The van der Waals surface area contributed by atoms with Gasteiger partial charge in [-0.25, -0.2) is 4.79 Å². The average Bonchev–Trinajstić information content (AvgIpc) is 3.10. The molecule has 2 heterocycles. The summed E-state index contributed by atoms with van der Waals surface area (Å²) in [6.45, 7) is 5.62. The molecule has 1 N–H and O–H groups in total. The van der Waals surface area contributed by atoms with Crippen molar-refractivity contribution >= 4 is 11.7 Å². The minimum atomic E-state index is -0.0789. The maximum absolute atomic E-state index is 13.1. The van der Waals surface area contributed by atoms with E-state index in [1.807, 2.05) is 48.2 Å². The van der Waals surface area contributed by atoms with Gasteiger partial charge in [-0.15, -0.1) is 0 Å². The molecule has 3 aromatic rings. The number of fused-ring (bicyclic) bond motifs is 1. The van der Waals surface area contributed by atoms with Crippen molar-refractivity contribution in [3.05, 3.63) is 89.2 Å². The van der Waals surface area contributed by atoms with Crippen molar-refractivity contribution in [2.45, 2.75) is 26.4 Å². The molecular weight excluding hydrogens is 322 g/mol. The summed E-state index contributed by atoms with van der Waals surface area (Å²) in [5.74, 6) is 0. The number of anilines is 1. The van der Waals surface area contributed by atoms with E-state index in [2.05, 4.69) is 47.3 Å². The summed E-state index contributed by atoms with van der Waals surface area (Å²) in [6, 6.07) is 20.3. The fourth-order valence-electron chi connectivity index (χ4n) is 3.74. The minimum Gasteiger partial charge on any atom is -0.348 e. The van der Waals surface area contributed by atoms with Crippen molar-refractivity contribution in [2.24, 2.45) is 0 Å². The zero-order valence-corrected chi connectivity index (χ0v) is 15.1. The maximum Gasteiger partial charge on any atom is 0.322 e. The van der Waals surface area contributed by atoms with Gasteiger partial charge in [0.2, 0.25) is 0 Å². The molecule has 1 atom stereocenters. The van der Waals surface area contributed by atoms with E-state index in [0.717, 1.165) is 23.5 Å². The first-order valence-electron chi connectivity index (χ1n) is 8.98. The molecule has 132 valence electrons. The molecule has 0 fully saturated rings. The van der Waals surface area contributed by atoms with Crippen molar-refractivity contribution in [2.75, 3.05) is 11.9 Å². The molecule has 0 bridgehead atoms. The predicted octanol–water partition coefficient (Wildman–Crippen LogP) is 4.74. The lowest BCUT2D eigenvalue weighted by Gasteiger charge is -2.38.